The van der Waals surface area contributed by atoms with Gasteiger partial charge in [-0.05, 0) is 23.3 Å². The Bertz CT molecular complexity index is 974. The van der Waals surface area contributed by atoms with Gasteiger partial charge in [0.1, 0.15) is 24.3 Å². The molecule has 3 N–H and O–H groups in total. The van der Waals surface area contributed by atoms with E-state index in [1.165, 1.54) is 19.1 Å². The van der Waals surface area contributed by atoms with Crippen molar-refractivity contribution in [3.8, 4) is 11.1 Å². The maximum atomic E-state index is 14.8. The highest BCUT2D eigenvalue weighted by Gasteiger charge is 2.33. The van der Waals surface area contributed by atoms with Crippen LogP contribution in [0.4, 0.5) is 19.3 Å². The van der Waals surface area contributed by atoms with E-state index in [2.05, 4.69) is 10.6 Å². The molecule has 1 heterocycles. The zero-order valence-electron chi connectivity index (χ0n) is 16.7. The number of ether oxygens (including phenoxy) is 1. The molecule has 0 radical (unpaired) electrons. The zero-order chi connectivity index (χ0) is 22.5. The number of nitrogens with one attached hydrogen (secondary N) is 2. The Labute approximate surface area is 176 Å². The van der Waals surface area contributed by atoms with Crippen LogP contribution in [0.2, 0.25) is 0 Å². The number of aliphatic hydroxyl groups excluding tert-OH is 1. The number of cyclic esters (lactones) is 1. The number of aliphatic hydroxyl groups is 1. The quantitative estimate of drug-likeness (QED) is 0.616. The van der Waals surface area contributed by atoms with Crippen LogP contribution in [-0.2, 0) is 20.9 Å². The first kappa shape index (κ1) is 22.2. The summed E-state index contributed by atoms with van der Waals surface area (Å²) in [7, 11) is 0. The Hall–Kier alpha value is -3.53. The monoisotopic (exact) mass is 433 g/mol. The largest absolute Gasteiger partial charge is 0.442 e. The van der Waals surface area contributed by atoms with E-state index >= 15 is 0 Å². The van der Waals surface area contributed by atoms with Crippen molar-refractivity contribution in [3.05, 3.63) is 53.6 Å². The number of hydrogen-bond donors (Lipinski definition) is 3. The average Bonchev–Trinajstić information content (AvgIpc) is 3.11. The molecule has 0 aliphatic carbocycles. The van der Waals surface area contributed by atoms with Gasteiger partial charge in [0.15, 0.2) is 0 Å². The summed E-state index contributed by atoms with van der Waals surface area (Å²) in [5, 5.41) is 13.7. The lowest BCUT2D eigenvalue weighted by Crippen LogP contribution is -2.33. The molecule has 0 unspecified atom stereocenters. The first-order chi connectivity index (χ1) is 14.8. The van der Waals surface area contributed by atoms with Crippen molar-refractivity contribution in [2.75, 3.05) is 24.6 Å². The van der Waals surface area contributed by atoms with Crippen molar-refractivity contribution < 1.29 is 33.0 Å². The predicted molar refractivity (Wildman–Crippen MR) is 107 cm³/mol. The lowest BCUT2D eigenvalue weighted by atomic mass is 10.0. The lowest BCUT2D eigenvalue weighted by Gasteiger charge is -2.15. The molecule has 3 amide bonds. The maximum absolute atomic E-state index is 14.8. The van der Waals surface area contributed by atoms with E-state index in [0.29, 0.717) is 5.56 Å². The summed E-state index contributed by atoms with van der Waals surface area (Å²) in [5.74, 6) is -2.52. The maximum Gasteiger partial charge on any atom is 0.414 e. The lowest BCUT2D eigenvalue weighted by molar-refractivity contribution is -0.124. The number of benzene rings is 2. The molecule has 1 saturated heterocycles. The van der Waals surface area contributed by atoms with Crippen LogP contribution in [0.15, 0.2) is 36.4 Å². The van der Waals surface area contributed by atoms with Gasteiger partial charge in [0.25, 0.3) is 0 Å². The van der Waals surface area contributed by atoms with Gasteiger partial charge in [0.2, 0.25) is 11.8 Å². The van der Waals surface area contributed by atoms with Crippen LogP contribution in [0.5, 0.6) is 0 Å². The number of halogens is 2. The molecule has 1 fully saturated rings. The fraction of sp³-hybridized carbons (Fsp3) is 0.286. The van der Waals surface area contributed by atoms with Gasteiger partial charge in [-0.1, -0.05) is 24.3 Å². The minimum absolute atomic E-state index is 0.0115. The molecule has 3 rings (SSSR count). The number of anilines is 1. The van der Waals surface area contributed by atoms with Gasteiger partial charge in [-0.3, -0.25) is 14.5 Å². The average molecular weight is 433 g/mol. The Kier molecular flexibility index (Phi) is 6.81. The normalized spacial score (nSPS) is 15.5. The number of carbonyl (C=O) groups is 3. The van der Waals surface area contributed by atoms with Crippen molar-refractivity contribution in [2.45, 2.75) is 19.6 Å². The standard InChI is InChI=1S/C21H21F2N3O5/c1-12(28)24-9-16-10-26(21(30)31-16)15-6-17(22)20(18(23)7-15)14-4-2-13(3-5-14)8-25-19(29)11-27/h2-7,16,27H,8-11H2,1H3,(H,24,28)(H,25,29)/t16-/m0/s1. The summed E-state index contributed by atoms with van der Waals surface area (Å²) >= 11 is 0. The molecule has 164 valence electrons. The van der Waals surface area contributed by atoms with Gasteiger partial charge < -0.3 is 20.5 Å². The fourth-order valence-corrected chi connectivity index (χ4v) is 3.13. The molecule has 1 aliphatic rings. The summed E-state index contributed by atoms with van der Waals surface area (Å²) < 4.78 is 34.7. The minimum Gasteiger partial charge on any atom is -0.442 e. The van der Waals surface area contributed by atoms with Crippen molar-refractivity contribution in [3.63, 3.8) is 0 Å². The number of nitrogens with zero attached hydrogens (tertiary/aromatic N) is 1. The van der Waals surface area contributed by atoms with E-state index < -0.39 is 36.3 Å². The molecule has 0 spiro atoms. The highest BCUT2D eigenvalue weighted by molar-refractivity contribution is 5.90. The zero-order valence-corrected chi connectivity index (χ0v) is 16.7. The second-order valence-electron chi connectivity index (χ2n) is 6.97. The Balaban J connectivity index is 1.75. The molecule has 2 aromatic carbocycles. The van der Waals surface area contributed by atoms with Crippen molar-refractivity contribution in [2.24, 2.45) is 0 Å². The number of rotatable bonds is 7. The van der Waals surface area contributed by atoms with E-state index in [1.54, 1.807) is 12.1 Å². The van der Waals surface area contributed by atoms with Crippen LogP contribution in [0, 0.1) is 11.6 Å². The number of hydrogen-bond acceptors (Lipinski definition) is 5. The van der Waals surface area contributed by atoms with Crippen LogP contribution in [0.3, 0.4) is 0 Å². The van der Waals surface area contributed by atoms with Gasteiger partial charge >= 0.3 is 6.09 Å². The van der Waals surface area contributed by atoms with Gasteiger partial charge in [-0.15, -0.1) is 0 Å². The number of amides is 3. The molecule has 0 aromatic heterocycles. The van der Waals surface area contributed by atoms with Gasteiger partial charge in [-0.25, -0.2) is 13.6 Å². The minimum atomic E-state index is -0.852. The third-order valence-electron chi connectivity index (χ3n) is 4.67. The van der Waals surface area contributed by atoms with Crippen LogP contribution in [0.25, 0.3) is 11.1 Å². The second-order valence-corrected chi connectivity index (χ2v) is 6.97. The summed E-state index contributed by atoms with van der Waals surface area (Å²) in [6, 6.07) is 8.32. The highest BCUT2D eigenvalue weighted by Crippen LogP contribution is 2.32. The molecule has 8 nitrogen and oxygen atoms in total. The Morgan fingerprint density at radius 1 is 1.16 bits per heavy atom. The third-order valence-corrected chi connectivity index (χ3v) is 4.67. The molecular weight excluding hydrogens is 412 g/mol. The van der Waals surface area contributed by atoms with Crippen molar-refractivity contribution in [1.82, 2.24) is 10.6 Å². The first-order valence-electron chi connectivity index (χ1n) is 9.47. The van der Waals surface area contributed by atoms with Crippen LogP contribution in [0.1, 0.15) is 12.5 Å². The van der Waals surface area contributed by atoms with E-state index in [1.807, 2.05) is 0 Å². The summed E-state index contributed by atoms with van der Waals surface area (Å²) in [5.41, 5.74) is 0.730. The summed E-state index contributed by atoms with van der Waals surface area (Å²) in [6.07, 6.45) is -1.38. The smallest absolute Gasteiger partial charge is 0.414 e. The van der Waals surface area contributed by atoms with E-state index in [4.69, 9.17) is 9.84 Å². The molecular formula is C21H21F2N3O5. The van der Waals surface area contributed by atoms with Gasteiger partial charge in [0, 0.05) is 13.5 Å². The molecule has 1 aliphatic heterocycles. The molecule has 0 bridgehead atoms. The molecule has 2 aromatic rings. The van der Waals surface area contributed by atoms with Crippen molar-refractivity contribution >= 4 is 23.6 Å². The van der Waals surface area contributed by atoms with E-state index in [-0.39, 0.29) is 42.4 Å². The van der Waals surface area contributed by atoms with E-state index in [9.17, 15) is 23.2 Å². The highest BCUT2D eigenvalue weighted by atomic mass is 19.1. The molecule has 31 heavy (non-hydrogen) atoms. The van der Waals surface area contributed by atoms with Gasteiger partial charge in [-0.2, -0.15) is 0 Å². The Morgan fingerprint density at radius 2 is 1.81 bits per heavy atom. The summed E-state index contributed by atoms with van der Waals surface area (Å²) in [6.45, 7) is 1.02. The number of carbonyl (C=O) groups excluding carboxylic acids is 3. The molecule has 1 atom stereocenters. The third kappa shape index (κ3) is 5.34. The predicted octanol–water partition coefficient (Wildman–Crippen LogP) is 1.70. The topological polar surface area (TPSA) is 108 Å². The Morgan fingerprint density at radius 3 is 2.39 bits per heavy atom. The van der Waals surface area contributed by atoms with Crippen LogP contribution >= 0.6 is 0 Å². The van der Waals surface area contributed by atoms with Crippen LogP contribution < -0.4 is 15.5 Å². The van der Waals surface area contributed by atoms with Crippen molar-refractivity contribution in [1.29, 1.82) is 0 Å². The second kappa shape index (κ2) is 9.52. The first-order valence-corrected chi connectivity index (χ1v) is 9.47. The SMILES string of the molecule is CC(=O)NC[C@H]1CN(c2cc(F)c(-c3ccc(CNC(=O)CO)cc3)c(F)c2)C(=O)O1. The fourth-order valence-electron chi connectivity index (χ4n) is 3.13. The van der Waals surface area contributed by atoms with E-state index in [0.717, 1.165) is 17.0 Å². The molecule has 0 saturated carbocycles. The van der Waals surface area contributed by atoms with Crippen LogP contribution in [-0.4, -0.2) is 48.8 Å². The van der Waals surface area contributed by atoms with Gasteiger partial charge in [0.05, 0.1) is 24.3 Å². The summed E-state index contributed by atoms with van der Waals surface area (Å²) in [4.78, 5) is 35.3. The molecule has 10 heteroatoms.